The fourth-order valence-electron chi connectivity index (χ4n) is 4.40. The van der Waals surface area contributed by atoms with Crippen LogP contribution in [0.15, 0.2) is 43.1 Å². The first kappa shape index (κ1) is 23.2. The third-order valence-electron chi connectivity index (χ3n) is 6.37. The van der Waals surface area contributed by atoms with Crippen LogP contribution in [0.2, 0.25) is 0 Å². The second-order valence-corrected chi connectivity index (χ2v) is 8.77. The van der Waals surface area contributed by atoms with Gasteiger partial charge in [0.15, 0.2) is 5.82 Å². The number of anilines is 1. The number of rotatable bonds is 5. The number of aryl methyl sites for hydroxylation is 1. The Balaban J connectivity index is 1.29. The van der Waals surface area contributed by atoms with Gasteiger partial charge < -0.3 is 9.80 Å². The number of hydrogen-bond acceptors (Lipinski definition) is 6. The molecule has 4 heterocycles. The number of carbonyl (C=O) groups is 1. The van der Waals surface area contributed by atoms with Crippen molar-refractivity contribution >= 4 is 11.7 Å². The molecule has 0 N–H and O–H groups in total. The molecule has 1 amide bonds. The number of pyridine rings is 1. The zero-order valence-corrected chi connectivity index (χ0v) is 18.9. The normalized spacial score (nSPS) is 20.7. The van der Waals surface area contributed by atoms with Gasteiger partial charge in [-0.1, -0.05) is 0 Å². The van der Waals surface area contributed by atoms with Crippen LogP contribution in [0, 0.1) is 6.92 Å². The lowest BCUT2D eigenvalue weighted by Crippen LogP contribution is -2.55. The largest absolute Gasteiger partial charge is 0.417 e. The molecule has 1 aliphatic heterocycles. The molecule has 0 bridgehead atoms. The highest BCUT2D eigenvalue weighted by Gasteiger charge is 2.44. The summed E-state index contributed by atoms with van der Waals surface area (Å²) in [6, 6.07) is 1.48. The Bertz CT molecular complexity index is 1190. The number of halogens is 4. The number of alkyl halides is 4. The van der Waals surface area contributed by atoms with Gasteiger partial charge in [0.05, 0.1) is 30.5 Å². The molecule has 0 unspecified atom stereocenters. The highest BCUT2D eigenvalue weighted by atomic mass is 19.4. The lowest BCUT2D eigenvalue weighted by Gasteiger charge is -2.41. The van der Waals surface area contributed by atoms with E-state index in [1.807, 2.05) is 6.92 Å². The van der Waals surface area contributed by atoms with Gasteiger partial charge in [-0.2, -0.15) is 13.2 Å². The zero-order valence-electron chi connectivity index (χ0n) is 18.9. The van der Waals surface area contributed by atoms with E-state index in [4.69, 9.17) is 0 Å². The summed E-state index contributed by atoms with van der Waals surface area (Å²) in [5.41, 5.74) is -0.716. The molecule has 1 saturated carbocycles. The number of imidazole rings is 1. The number of amides is 1. The number of nitrogens with zero attached hydrogens (tertiary/aromatic N) is 7. The summed E-state index contributed by atoms with van der Waals surface area (Å²) in [6.07, 6.45) is 3.04. The lowest BCUT2D eigenvalue weighted by molar-refractivity contribution is -0.137. The molecular formula is C23H23F4N7O. The van der Waals surface area contributed by atoms with Crippen molar-refractivity contribution in [3.05, 3.63) is 60.2 Å². The number of aromatic nitrogens is 5. The lowest BCUT2D eigenvalue weighted by atomic mass is 10.00. The maximum atomic E-state index is 15.4. The van der Waals surface area contributed by atoms with Crippen LogP contribution in [0.1, 0.15) is 41.1 Å². The van der Waals surface area contributed by atoms with Crippen LogP contribution >= 0.6 is 0 Å². The van der Waals surface area contributed by atoms with Crippen LogP contribution in [-0.2, 0) is 6.18 Å². The molecule has 0 spiro atoms. The maximum Gasteiger partial charge on any atom is 0.417 e. The smallest absolute Gasteiger partial charge is 0.354 e. The summed E-state index contributed by atoms with van der Waals surface area (Å²) in [7, 11) is 0. The molecular weight excluding hydrogens is 466 g/mol. The van der Waals surface area contributed by atoms with E-state index < -0.39 is 24.0 Å². The summed E-state index contributed by atoms with van der Waals surface area (Å²) in [5, 5.41) is 0. The topological polar surface area (TPSA) is 80.0 Å². The minimum absolute atomic E-state index is 0.0566. The van der Waals surface area contributed by atoms with Crippen LogP contribution < -0.4 is 4.90 Å². The van der Waals surface area contributed by atoms with Crippen molar-refractivity contribution in [2.75, 3.05) is 18.0 Å². The highest BCUT2D eigenvalue weighted by molar-refractivity contribution is 5.92. The van der Waals surface area contributed by atoms with E-state index in [9.17, 15) is 18.0 Å². The number of piperidine rings is 1. The molecule has 3 aromatic rings. The summed E-state index contributed by atoms with van der Waals surface area (Å²) in [6.45, 7) is 2.12. The van der Waals surface area contributed by atoms with Crippen molar-refractivity contribution in [2.45, 2.75) is 50.6 Å². The molecule has 2 aliphatic rings. The molecule has 184 valence electrons. The summed E-state index contributed by atoms with van der Waals surface area (Å²) < 4.78 is 55.5. The van der Waals surface area contributed by atoms with E-state index in [0.29, 0.717) is 18.8 Å². The monoisotopic (exact) mass is 489 g/mol. The second-order valence-electron chi connectivity index (χ2n) is 8.77. The Hall–Kier alpha value is -3.57. The Morgan fingerprint density at radius 2 is 1.80 bits per heavy atom. The van der Waals surface area contributed by atoms with Crippen LogP contribution in [-0.4, -0.2) is 66.7 Å². The van der Waals surface area contributed by atoms with Crippen molar-refractivity contribution in [1.29, 1.82) is 0 Å². The molecule has 5 rings (SSSR count). The van der Waals surface area contributed by atoms with Gasteiger partial charge >= 0.3 is 6.18 Å². The average Bonchev–Trinajstić information content (AvgIpc) is 3.59. The molecule has 1 aliphatic carbocycles. The maximum absolute atomic E-state index is 15.4. The van der Waals surface area contributed by atoms with Crippen LogP contribution in [0.4, 0.5) is 23.4 Å². The van der Waals surface area contributed by atoms with E-state index in [1.54, 1.807) is 26.8 Å². The predicted octanol–water partition coefficient (Wildman–Crippen LogP) is 3.61. The standard InChI is InChI=1S/C23H23F4N7O/c1-14-28-7-9-33(14)21-12-29-18(11-31-21)22(35)34(16-3-4-16)19-6-8-32(13-17(19)24)20-5-2-15(10-30-20)23(25,26)27/h2,5,7,9-12,16-17,19H,3-4,6,8,13H2,1H3/t17-,19+/m1/s1. The Kier molecular flexibility index (Phi) is 5.89. The van der Waals surface area contributed by atoms with E-state index in [1.165, 1.54) is 18.5 Å². The van der Waals surface area contributed by atoms with E-state index in [2.05, 4.69) is 19.9 Å². The molecule has 1 saturated heterocycles. The summed E-state index contributed by atoms with van der Waals surface area (Å²) >= 11 is 0. The Morgan fingerprint density at radius 3 is 2.34 bits per heavy atom. The van der Waals surface area contributed by atoms with Crippen molar-refractivity contribution in [2.24, 2.45) is 0 Å². The Labute approximate surface area is 198 Å². The third-order valence-corrected chi connectivity index (χ3v) is 6.37. The SMILES string of the molecule is Cc1nccn1-c1cnc(C(=O)N(C2CC2)[C@H]2CCN(c3ccc(C(F)(F)F)cn3)C[C@H]2F)cn1. The average molecular weight is 489 g/mol. The van der Waals surface area contributed by atoms with Crippen molar-refractivity contribution in [1.82, 2.24) is 29.4 Å². The van der Waals surface area contributed by atoms with Gasteiger partial charge in [-0.3, -0.25) is 9.36 Å². The molecule has 2 fully saturated rings. The first-order valence-electron chi connectivity index (χ1n) is 11.3. The molecule has 0 radical (unpaired) electrons. The van der Waals surface area contributed by atoms with Gasteiger partial charge in [0, 0.05) is 31.2 Å². The van der Waals surface area contributed by atoms with Gasteiger partial charge in [0.25, 0.3) is 5.91 Å². The van der Waals surface area contributed by atoms with Gasteiger partial charge in [0.1, 0.15) is 23.5 Å². The van der Waals surface area contributed by atoms with Crippen molar-refractivity contribution in [3.63, 3.8) is 0 Å². The zero-order chi connectivity index (χ0) is 24.7. The van der Waals surface area contributed by atoms with Gasteiger partial charge in [0.2, 0.25) is 0 Å². The quantitative estimate of drug-likeness (QED) is 0.510. The van der Waals surface area contributed by atoms with Gasteiger partial charge in [-0.15, -0.1) is 0 Å². The highest BCUT2D eigenvalue weighted by Crippen LogP contribution is 2.35. The minimum Gasteiger partial charge on any atom is -0.354 e. The molecule has 8 nitrogen and oxygen atoms in total. The summed E-state index contributed by atoms with van der Waals surface area (Å²) in [4.78, 5) is 33.1. The first-order chi connectivity index (χ1) is 16.7. The fourth-order valence-corrected chi connectivity index (χ4v) is 4.40. The molecule has 3 aromatic heterocycles. The fraction of sp³-hybridized carbons (Fsp3) is 0.435. The van der Waals surface area contributed by atoms with Crippen LogP contribution in [0.25, 0.3) is 5.82 Å². The van der Waals surface area contributed by atoms with Crippen LogP contribution in [0.5, 0.6) is 0 Å². The number of hydrogen-bond donors (Lipinski definition) is 0. The van der Waals surface area contributed by atoms with Crippen molar-refractivity contribution in [3.8, 4) is 5.82 Å². The van der Waals surface area contributed by atoms with Gasteiger partial charge in [-0.25, -0.2) is 24.3 Å². The first-order valence-corrected chi connectivity index (χ1v) is 11.3. The predicted molar refractivity (Wildman–Crippen MR) is 118 cm³/mol. The van der Waals surface area contributed by atoms with E-state index in [-0.39, 0.29) is 30.0 Å². The molecule has 35 heavy (non-hydrogen) atoms. The van der Waals surface area contributed by atoms with E-state index >= 15 is 4.39 Å². The molecule has 12 heteroatoms. The Morgan fingerprint density at radius 1 is 1.03 bits per heavy atom. The summed E-state index contributed by atoms with van der Waals surface area (Å²) in [5.74, 6) is 1.16. The minimum atomic E-state index is -4.48. The van der Waals surface area contributed by atoms with Crippen LogP contribution in [0.3, 0.4) is 0 Å². The van der Waals surface area contributed by atoms with E-state index in [0.717, 1.165) is 30.9 Å². The van der Waals surface area contributed by atoms with Gasteiger partial charge in [-0.05, 0) is 38.3 Å². The molecule has 0 aromatic carbocycles. The molecule has 2 atom stereocenters. The number of carbonyl (C=O) groups excluding carboxylic acids is 1. The van der Waals surface area contributed by atoms with Crippen molar-refractivity contribution < 1.29 is 22.4 Å². The third kappa shape index (κ3) is 4.69. The second kappa shape index (κ2) is 8.90.